The second-order valence-electron chi connectivity index (χ2n) is 9.04. The third-order valence-electron chi connectivity index (χ3n) is 6.75. The first-order chi connectivity index (χ1) is 16.9. The predicted octanol–water partition coefficient (Wildman–Crippen LogP) is 5.33. The fourth-order valence-corrected chi connectivity index (χ4v) is 5.60. The van der Waals surface area contributed by atoms with Crippen LogP contribution in [0.3, 0.4) is 0 Å². The fraction of sp³-hybridized carbons (Fsp3) is 0.286. The molecule has 7 heteroatoms. The van der Waals surface area contributed by atoms with Crippen LogP contribution in [-0.4, -0.2) is 22.5 Å². The van der Waals surface area contributed by atoms with Crippen LogP contribution in [0.4, 0.5) is 0 Å². The smallest absolute Gasteiger partial charge is 0.343 e. The first kappa shape index (κ1) is 23.4. The number of hydrogen-bond acceptors (Lipinski definition) is 4. The lowest BCUT2D eigenvalue weighted by Gasteiger charge is -2.23. The Hall–Kier alpha value is -3.32. The predicted molar refractivity (Wildman–Crippen MR) is 139 cm³/mol. The minimum atomic E-state index is -0.573. The molecule has 0 saturated carbocycles. The number of aromatic hydroxyl groups is 1. The molecule has 0 radical (unpaired) electrons. The van der Waals surface area contributed by atoms with Gasteiger partial charge in [0.2, 0.25) is 5.91 Å². The zero-order valence-electron chi connectivity index (χ0n) is 19.5. The highest BCUT2D eigenvalue weighted by molar-refractivity contribution is 9.10. The van der Waals surface area contributed by atoms with E-state index in [1.54, 1.807) is 0 Å². The van der Waals surface area contributed by atoms with Gasteiger partial charge in [0.05, 0.1) is 11.5 Å². The number of halogens is 1. The number of hydrogen-bond donors (Lipinski definition) is 3. The number of rotatable bonds is 6. The van der Waals surface area contributed by atoms with Crippen molar-refractivity contribution in [3.05, 3.63) is 97.1 Å². The Morgan fingerprint density at radius 1 is 1.17 bits per heavy atom. The van der Waals surface area contributed by atoms with Crippen LogP contribution in [0.25, 0.3) is 10.9 Å². The summed E-state index contributed by atoms with van der Waals surface area (Å²) >= 11 is 3.56. The van der Waals surface area contributed by atoms with E-state index in [1.165, 1.54) is 6.92 Å². The minimum absolute atomic E-state index is 0.0346. The van der Waals surface area contributed by atoms with Gasteiger partial charge in [-0.05, 0) is 55.0 Å². The summed E-state index contributed by atoms with van der Waals surface area (Å²) in [5.41, 5.74) is 4.06. The Labute approximate surface area is 211 Å². The van der Waals surface area contributed by atoms with E-state index in [0.29, 0.717) is 31.6 Å². The van der Waals surface area contributed by atoms with Crippen LogP contribution in [0.2, 0.25) is 0 Å². The first-order valence-corrected chi connectivity index (χ1v) is 12.7. The van der Waals surface area contributed by atoms with E-state index in [4.69, 9.17) is 4.42 Å². The van der Waals surface area contributed by atoms with Crippen LogP contribution in [0.5, 0.6) is 5.75 Å². The summed E-state index contributed by atoms with van der Waals surface area (Å²) in [6.07, 6.45) is 3.81. The quantitative estimate of drug-likeness (QED) is 0.311. The largest absolute Gasteiger partial charge is 0.507 e. The second kappa shape index (κ2) is 9.74. The zero-order valence-corrected chi connectivity index (χ0v) is 21.1. The topological polar surface area (TPSA) is 95.3 Å². The second-order valence-corrected chi connectivity index (χ2v) is 9.96. The number of aryl methyl sites for hydroxylation is 1. The number of benzene rings is 2. The molecule has 180 valence electrons. The van der Waals surface area contributed by atoms with Crippen molar-refractivity contribution in [2.75, 3.05) is 6.54 Å². The molecule has 35 heavy (non-hydrogen) atoms. The molecule has 0 saturated heterocycles. The first-order valence-electron chi connectivity index (χ1n) is 11.9. The fourth-order valence-electron chi connectivity index (χ4n) is 5.19. The highest BCUT2D eigenvalue weighted by Crippen LogP contribution is 2.42. The van der Waals surface area contributed by atoms with Gasteiger partial charge in [-0.25, -0.2) is 4.79 Å². The molecular weight excluding hydrogens is 508 g/mol. The number of para-hydroxylation sites is 1. The standard InChI is InChI=1S/C28H27BrN2O4/c1-16(32)30-14-13-20-19-9-2-4-11-22(19)31-26(20)24(17-7-6-8-18(29)15-17)25-27(33)21-10-3-5-12-23(21)35-28(25)34/h2,4,6-9,11,15,24,31,33H,3,5,10,12-14H2,1H3,(H,30,32). The highest BCUT2D eigenvalue weighted by Gasteiger charge is 2.32. The summed E-state index contributed by atoms with van der Waals surface area (Å²) in [6, 6.07) is 15.7. The molecule has 5 rings (SSSR count). The van der Waals surface area contributed by atoms with E-state index in [0.717, 1.165) is 50.6 Å². The van der Waals surface area contributed by atoms with Crippen molar-refractivity contribution in [2.45, 2.75) is 44.9 Å². The number of nitrogens with one attached hydrogen (secondary N) is 2. The van der Waals surface area contributed by atoms with Crippen LogP contribution in [-0.2, 0) is 24.1 Å². The van der Waals surface area contributed by atoms with Gasteiger partial charge < -0.3 is 19.8 Å². The third kappa shape index (κ3) is 4.52. The maximum atomic E-state index is 13.4. The molecule has 1 amide bonds. The summed E-state index contributed by atoms with van der Waals surface area (Å²) in [5, 5.41) is 15.3. The van der Waals surface area contributed by atoms with Gasteiger partial charge in [-0.2, -0.15) is 0 Å². The minimum Gasteiger partial charge on any atom is -0.507 e. The van der Waals surface area contributed by atoms with Crippen molar-refractivity contribution in [3.8, 4) is 5.75 Å². The summed E-state index contributed by atoms with van der Waals surface area (Å²) < 4.78 is 6.67. The molecule has 3 N–H and O–H groups in total. The van der Waals surface area contributed by atoms with Crippen molar-refractivity contribution in [1.29, 1.82) is 0 Å². The molecule has 6 nitrogen and oxygen atoms in total. The molecule has 1 unspecified atom stereocenters. The number of fused-ring (bicyclic) bond motifs is 2. The van der Waals surface area contributed by atoms with Crippen molar-refractivity contribution in [2.24, 2.45) is 0 Å². The average molecular weight is 535 g/mol. The monoisotopic (exact) mass is 534 g/mol. The van der Waals surface area contributed by atoms with E-state index in [-0.39, 0.29) is 17.2 Å². The lowest BCUT2D eigenvalue weighted by molar-refractivity contribution is -0.118. The summed E-state index contributed by atoms with van der Waals surface area (Å²) in [4.78, 5) is 28.5. The lowest BCUT2D eigenvalue weighted by atomic mass is 9.84. The maximum Gasteiger partial charge on any atom is 0.343 e. The van der Waals surface area contributed by atoms with Crippen LogP contribution in [0, 0.1) is 0 Å². The average Bonchev–Trinajstić information content (AvgIpc) is 3.19. The molecule has 1 aliphatic rings. The Morgan fingerprint density at radius 3 is 2.77 bits per heavy atom. The van der Waals surface area contributed by atoms with Gasteiger partial charge in [0.25, 0.3) is 0 Å². The molecule has 1 atom stereocenters. The number of carbonyl (C=O) groups excluding carboxylic acids is 1. The number of carbonyl (C=O) groups is 1. The molecular formula is C28H27BrN2O4. The van der Waals surface area contributed by atoms with E-state index in [1.807, 2.05) is 48.5 Å². The summed E-state index contributed by atoms with van der Waals surface area (Å²) in [6.45, 7) is 1.96. The van der Waals surface area contributed by atoms with Gasteiger partial charge >= 0.3 is 5.63 Å². The lowest BCUT2D eigenvalue weighted by Crippen LogP contribution is -2.23. The third-order valence-corrected chi connectivity index (χ3v) is 7.24. The Bertz CT molecular complexity index is 1470. The Balaban J connectivity index is 1.76. The van der Waals surface area contributed by atoms with Crippen molar-refractivity contribution < 1.29 is 14.3 Å². The van der Waals surface area contributed by atoms with Crippen molar-refractivity contribution >= 4 is 32.7 Å². The van der Waals surface area contributed by atoms with Crippen LogP contribution in [0.15, 0.2) is 62.2 Å². The molecule has 0 aliphatic heterocycles. The normalized spacial score (nSPS) is 14.0. The highest BCUT2D eigenvalue weighted by atomic mass is 79.9. The maximum absolute atomic E-state index is 13.4. The zero-order chi connectivity index (χ0) is 24.5. The van der Waals surface area contributed by atoms with E-state index in [2.05, 4.69) is 26.2 Å². The van der Waals surface area contributed by atoms with E-state index >= 15 is 0 Å². The molecule has 0 fully saturated rings. The molecule has 2 heterocycles. The van der Waals surface area contributed by atoms with Gasteiger partial charge in [0.1, 0.15) is 11.5 Å². The van der Waals surface area contributed by atoms with Crippen LogP contribution >= 0.6 is 15.9 Å². The number of aromatic amines is 1. The van der Waals surface area contributed by atoms with Gasteiger partial charge in [-0.3, -0.25) is 4.79 Å². The summed E-state index contributed by atoms with van der Waals surface area (Å²) in [5.74, 6) is -0.0379. The molecule has 1 aliphatic carbocycles. The molecule has 0 spiro atoms. The van der Waals surface area contributed by atoms with Crippen molar-refractivity contribution in [3.63, 3.8) is 0 Å². The molecule has 4 aromatic rings. The van der Waals surface area contributed by atoms with E-state index in [9.17, 15) is 14.7 Å². The Kier molecular flexibility index (Phi) is 6.52. The van der Waals surface area contributed by atoms with Crippen LogP contribution in [0.1, 0.15) is 59.4 Å². The van der Waals surface area contributed by atoms with Gasteiger partial charge in [-0.1, -0.05) is 46.3 Å². The molecule has 0 bridgehead atoms. The number of amides is 1. The molecule has 2 aromatic heterocycles. The summed E-state index contributed by atoms with van der Waals surface area (Å²) in [7, 11) is 0. The van der Waals surface area contributed by atoms with Crippen molar-refractivity contribution in [1.82, 2.24) is 10.3 Å². The van der Waals surface area contributed by atoms with Crippen LogP contribution < -0.4 is 10.9 Å². The van der Waals surface area contributed by atoms with Gasteiger partial charge in [0, 0.05) is 46.5 Å². The number of H-pyrrole nitrogens is 1. The SMILES string of the molecule is CC(=O)NCCc1c(C(c2cccc(Br)c2)c2c(O)c3c(oc2=O)CCCC3)[nH]c2ccccc12. The Morgan fingerprint density at radius 2 is 1.97 bits per heavy atom. The van der Waals surface area contributed by atoms with Gasteiger partial charge in [0.15, 0.2) is 0 Å². The molecule has 2 aromatic carbocycles. The number of aromatic nitrogens is 1. The van der Waals surface area contributed by atoms with Gasteiger partial charge in [-0.15, -0.1) is 0 Å². The van der Waals surface area contributed by atoms with E-state index < -0.39 is 11.5 Å².